The van der Waals surface area contributed by atoms with Gasteiger partial charge in [0.15, 0.2) is 0 Å². The van der Waals surface area contributed by atoms with Crippen molar-refractivity contribution in [3.63, 3.8) is 0 Å². The van der Waals surface area contributed by atoms with E-state index < -0.39 is 12.0 Å². The summed E-state index contributed by atoms with van der Waals surface area (Å²) in [5.41, 5.74) is 6.44. The van der Waals surface area contributed by atoms with Gasteiger partial charge in [0.25, 0.3) is 5.91 Å². The molecular weight excluding hydrogens is 288 g/mol. The predicted octanol–water partition coefficient (Wildman–Crippen LogP) is 1.32. The van der Waals surface area contributed by atoms with Crippen molar-refractivity contribution in [1.29, 1.82) is 0 Å². The molecule has 0 aliphatic rings. The van der Waals surface area contributed by atoms with Crippen LogP contribution in [0, 0.1) is 0 Å². The summed E-state index contributed by atoms with van der Waals surface area (Å²) >= 11 is 3.24. The number of nitrogens with two attached hydrogens (primary N) is 1. The Hall–Kier alpha value is -1.56. The lowest BCUT2D eigenvalue weighted by Crippen LogP contribution is -2.39. The summed E-state index contributed by atoms with van der Waals surface area (Å²) in [6.45, 7) is 1.55. The van der Waals surface area contributed by atoms with Gasteiger partial charge in [-0.3, -0.25) is 4.79 Å². The van der Waals surface area contributed by atoms with Gasteiger partial charge in [-0.15, -0.1) is 0 Å². The molecule has 0 aromatic heterocycles. The maximum Gasteiger partial charge on any atom is 0.328 e. The molecule has 5 nitrogen and oxygen atoms in total. The fourth-order valence-electron chi connectivity index (χ4n) is 1.23. The molecule has 17 heavy (non-hydrogen) atoms. The Kier molecular flexibility index (Phi) is 4.51. The van der Waals surface area contributed by atoms with Crippen molar-refractivity contribution in [3.8, 4) is 0 Å². The number of ether oxygens (including phenoxy) is 1. The van der Waals surface area contributed by atoms with E-state index in [0.29, 0.717) is 15.7 Å². The van der Waals surface area contributed by atoms with Gasteiger partial charge in [0.2, 0.25) is 0 Å². The van der Waals surface area contributed by atoms with Crippen molar-refractivity contribution in [2.24, 2.45) is 0 Å². The minimum atomic E-state index is -0.708. The molecule has 0 fully saturated rings. The summed E-state index contributed by atoms with van der Waals surface area (Å²) in [7, 11) is 1.27. The number of hydrogen-bond acceptors (Lipinski definition) is 4. The quantitative estimate of drug-likeness (QED) is 0.652. The second-order valence-electron chi connectivity index (χ2n) is 3.46. The molecule has 6 heteroatoms. The number of esters is 1. The Balaban J connectivity index is 2.83. The van der Waals surface area contributed by atoms with Crippen molar-refractivity contribution >= 4 is 33.5 Å². The van der Waals surface area contributed by atoms with Gasteiger partial charge >= 0.3 is 5.97 Å². The van der Waals surface area contributed by atoms with E-state index in [1.807, 2.05) is 0 Å². The number of halogens is 1. The van der Waals surface area contributed by atoms with E-state index in [9.17, 15) is 9.59 Å². The summed E-state index contributed by atoms with van der Waals surface area (Å²) in [6, 6.07) is 4.17. The Bertz CT molecular complexity index is 448. The molecule has 0 bridgehead atoms. The van der Waals surface area contributed by atoms with Crippen LogP contribution in [-0.4, -0.2) is 25.0 Å². The van der Waals surface area contributed by atoms with Gasteiger partial charge in [-0.1, -0.05) is 0 Å². The molecule has 3 N–H and O–H groups in total. The molecule has 1 amide bonds. The summed E-state index contributed by atoms with van der Waals surface area (Å²) in [4.78, 5) is 23.0. The molecule has 1 aromatic carbocycles. The normalized spacial score (nSPS) is 11.7. The molecule has 92 valence electrons. The van der Waals surface area contributed by atoms with E-state index in [1.165, 1.54) is 13.2 Å². The number of methoxy groups -OCH3 is 1. The Labute approximate surface area is 107 Å². The highest BCUT2D eigenvalue weighted by Crippen LogP contribution is 2.19. The second kappa shape index (κ2) is 5.67. The number of carbonyl (C=O) groups is 2. The summed E-state index contributed by atoms with van der Waals surface area (Å²) in [6.07, 6.45) is 0. The van der Waals surface area contributed by atoms with E-state index in [2.05, 4.69) is 26.0 Å². The topological polar surface area (TPSA) is 81.4 Å². The van der Waals surface area contributed by atoms with E-state index in [-0.39, 0.29) is 5.91 Å². The van der Waals surface area contributed by atoms with Crippen LogP contribution in [0.4, 0.5) is 5.69 Å². The fraction of sp³-hybridized carbons (Fsp3) is 0.273. The number of nitrogens with one attached hydrogen (secondary N) is 1. The van der Waals surface area contributed by atoms with Crippen LogP contribution in [0.5, 0.6) is 0 Å². The standard InChI is InChI=1S/C11H13BrN2O3/c1-6(11(16)17-2)14-10(15)8-5-7(13)3-4-9(8)12/h3-6H,13H2,1-2H3,(H,14,15)/t6-/m0/s1. The molecule has 0 saturated carbocycles. The molecule has 0 spiro atoms. The number of amides is 1. The van der Waals surface area contributed by atoms with Gasteiger partial charge in [0.05, 0.1) is 12.7 Å². The Morgan fingerprint density at radius 1 is 1.47 bits per heavy atom. The van der Waals surface area contributed by atoms with Crippen LogP contribution >= 0.6 is 15.9 Å². The molecule has 0 aliphatic carbocycles. The van der Waals surface area contributed by atoms with Crippen LogP contribution in [0.2, 0.25) is 0 Å². The monoisotopic (exact) mass is 300 g/mol. The minimum absolute atomic E-state index is 0.376. The van der Waals surface area contributed by atoms with Gasteiger partial charge in [0, 0.05) is 10.2 Å². The maximum atomic E-state index is 11.8. The van der Waals surface area contributed by atoms with Crippen molar-refractivity contribution in [3.05, 3.63) is 28.2 Å². The molecule has 1 atom stereocenters. The first-order chi connectivity index (χ1) is 7.95. The third-order valence-corrected chi connectivity index (χ3v) is 2.83. The van der Waals surface area contributed by atoms with Gasteiger partial charge in [-0.25, -0.2) is 4.79 Å². The molecule has 0 saturated heterocycles. The van der Waals surface area contributed by atoms with Crippen LogP contribution in [0.1, 0.15) is 17.3 Å². The summed E-state index contributed by atoms with van der Waals surface area (Å²) in [5, 5.41) is 2.52. The first-order valence-corrected chi connectivity index (χ1v) is 5.68. The van der Waals surface area contributed by atoms with Crippen LogP contribution in [0.3, 0.4) is 0 Å². The first kappa shape index (κ1) is 13.5. The van der Waals surface area contributed by atoms with Crippen LogP contribution in [0.15, 0.2) is 22.7 Å². The molecule has 1 rings (SSSR count). The number of nitrogen functional groups attached to an aromatic ring is 1. The molecule has 0 aliphatic heterocycles. The van der Waals surface area contributed by atoms with Crippen molar-refractivity contribution in [2.75, 3.05) is 12.8 Å². The Morgan fingerprint density at radius 3 is 2.71 bits per heavy atom. The van der Waals surface area contributed by atoms with Crippen molar-refractivity contribution in [1.82, 2.24) is 5.32 Å². The van der Waals surface area contributed by atoms with E-state index in [0.717, 1.165) is 0 Å². The third kappa shape index (κ3) is 3.45. The Morgan fingerprint density at radius 2 is 2.12 bits per heavy atom. The highest BCUT2D eigenvalue weighted by Gasteiger charge is 2.18. The van der Waals surface area contributed by atoms with Crippen molar-refractivity contribution < 1.29 is 14.3 Å². The highest BCUT2D eigenvalue weighted by molar-refractivity contribution is 9.10. The van der Waals surface area contributed by atoms with Crippen LogP contribution in [-0.2, 0) is 9.53 Å². The smallest absolute Gasteiger partial charge is 0.328 e. The van der Waals surface area contributed by atoms with E-state index >= 15 is 0 Å². The lowest BCUT2D eigenvalue weighted by atomic mass is 10.2. The molecule has 0 heterocycles. The SMILES string of the molecule is COC(=O)[C@H](C)NC(=O)c1cc(N)ccc1Br. The molecular formula is C11H13BrN2O3. The zero-order valence-electron chi connectivity index (χ0n) is 9.49. The van der Waals surface area contributed by atoms with Crippen LogP contribution < -0.4 is 11.1 Å². The predicted molar refractivity (Wildman–Crippen MR) is 67.5 cm³/mol. The van der Waals surface area contributed by atoms with Gasteiger partial charge in [-0.05, 0) is 41.1 Å². The number of hydrogen-bond donors (Lipinski definition) is 2. The fourth-order valence-corrected chi connectivity index (χ4v) is 1.65. The van der Waals surface area contributed by atoms with E-state index in [1.54, 1.807) is 19.1 Å². The summed E-state index contributed by atoms with van der Waals surface area (Å²) in [5.74, 6) is -0.888. The van der Waals surface area contributed by atoms with Crippen LogP contribution in [0.25, 0.3) is 0 Å². The van der Waals surface area contributed by atoms with Gasteiger partial charge in [0.1, 0.15) is 6.04 Å². The lowest BCUT2D eigenvalue weighted by molar-refractivity contribution is -0.142. The highest BCUT2D eigenvalue weighted by atomic mass is 79.9. The van der Waals surface area contributed by atoms with Crippen molar-refractivity contribution in [2.45, 2.75) is 13.0 Å². The minimum Gasteiger partial charge on any atom is -0.467 e. The van der Waals surface area contributed by atoms with Gasteiger partial charge in [-0.2, -0.15) is 0 Å². The number of rotatable bonds is 3. The maximum absolute atomic E-state index is 11.8. The first-order valence-electron chi connectivity index (χ1n) is 4.89. The van der Waals surface area contributed by atoms with E-state index in [4.69, 9.17) is 5.73 Å². The van der Waals surface area contributed by atoms with Gasteiger partial charge < -0.3 is 15.8 Å². The lowest BCUT2D eigenvalue weighted by Gasteiger charge is -2.12. The average Bonchev–Trinajstić information content (AvgIpc) is 2.30. The summed E-state index contributed by atoms with van der Waals surface area (Å²) < 4.78 is 5.12. The third-order valence-electron chi connectivity index (χ3n) is 2.14. The zero-order valence-corrected chi connectivity index (χ0v) is 11.1. The second-order valence-corrected chi connectivity index (χ2v) is 4.31. The molecule has 0 radical (unpaired) electrons. The largest absolute Gasteiger partial charge is 0.467 e. The molecule has 0 unspecified atom stereocenters. The number of anilines is 1. The average molecular weight is 301 g/mol. The number of carbonyl (C=O) groups excluding carboxylic acids is 2. The molecule has 1 aromatic rings. The number of benzene rings is 1. The zero-order chi connectivity index (χ0) is 13.0.